The van der Waals surface area contributed by atoms with Crippen LogP contribution in [0.4, 0.5) is 10.5 Å². The lowest BCUT2D eigenvalue weighted by molar-refractivity contribution is -0.260. The Labute approximate surface area is 242 Å². The Bertz CT molecular complexity index is 1570. The van der Waals surface area contributed by atoms with Crippen LogP contribution in [0.15, 0.2) is 63.3 Å². The van der Waals surface area contributed by atoms with E-state index in [0.717, 1.165) is 5.57 Å². The smallest absolute Gasteiger partial charge is 0.404 e. The summed E-state index contributed by atoms with van der Waals surface area (Å²) in [7, 11) is 1.43. The molecule has 4 rings (SSSR count). The van der Waals surface area contributed by atoms with Crippen LogP contribution in [0.5, 0.6) is 5.75 Å². The van der Waals surface area contributed by atoms with Gasteiger partial charge in [0.15, 0.2) is 6.10 Å². The van der Waals surface area contributed by atoms with Gasteiger partial charge in [-0.05, 0) is 75.6 Å². The molecule has 42 heavy (non-hydrogen) atoms. The Morgan fingerprint density at radius 1 is 1.14 bits per heavy atom. The Morgan fingerprint density at radius 3 is 2.55 bits per heavy atom. The van der Waals surface area contributed by atoms with E-state index in [1.165, 1.54) is 25.3 Å². The molecule has 4 atom stereocenters. The lowest BCUT2D eigenvalue weighted by Gasteiger charge is -2.48. The van der Waals surface area contributed by atoms with E-state index < -0.39 is 47.6 Å². The molecule has 1 saturated heterocycles. The minimum atomic E-state index is -1.24. The average molecular weight is 581 g/mol. The fraction of sp³-hybridized carbons (Fsp3) is 0.387. The Kier molecular flexibility index (Phi) is 9.05. The molecule has 0 radical (unpaired) electrons. The summed E-state index contributed by atoms with van der Waals surface area (Å²) in [6, 6.07) is 11.2. The number of methoxy groups -OCH3 is 1. The summed E-state index contributed by atoms with van der Waals surface area (Å²) in [6.45, 7) is 7.40. The highest BCUT2D eigenvalue weighted by Crippen LogP contribution is 2.34. The lowest BCUT2D eigenvalue weighted by atomic mass is 9.85. The van der Waals surface area contributed by atoms with Gasteiger partial charge in [-0.3, -0.25) is 4.79 Å². The highest BCUT2D eigenvalue weighted by molar-refractivity contribution is 6.05. The quantitative estimate of drug-likeness (QED) is 0.228. The third-order valence-corrected chi connectivity index (χ3v) is 7.22. The Hall–Kier alpha value is -4.19. The average Bonchev–Trinajstić information content (AvgIpc) is 2.91. The van der Waals surface area contributed by atoms with E-state index in [0.29, 0.717) is 22.9 Å². The van der Waals surface area contributed by atoms with Gasteiger partial charge in [0.1, 0.15) is 29.2 Å². The zero-order valence-electron chi connectivity index (χ0n) is 24.2. The molecule has 1 aromatic heterocycles. The molecule has 2 amide bonds. The van der Waals surface area contributed by atoms with Crippen LogP contribution >= 0.6 is 0 Å². The maximum absolute atomic E-state index is 12.9. The summed E-state index contributed by atoms with van der Waals surface area (Å²) in [5.74, 6) is -0.445. The van der Waals surface area contributed by atoms with Crippen molar-refractivity contribution in [2.24, 2.45) is 5.73 Å². The number of aliphatic hydroxyl groups excluding tert-OH is 1. The number of primary amides is 1. The summed E-state index contributed by atoms with van der Waals surface area (Å²) in [6.07, 6.45) is -2.27. The van der Waals surface area contributed by atoms with Crippen molar-refractivity contribution in [3.63, 3.8) is 0 Å². The minimum absolute atomic E-state index is 0.0380. The number of phenols is 1. The van der Waals surface area contributed by atoms with Crippen molar-refractivity contribution in [1.82, 2.24) is 0 Å². The molecule has 1 aliphatic heterocycles. The van der Waals surface area contributed by atoms with Gasteiger partial charge in [-0.2, -0.15) is 0 Å². The first-order valence-corrected chi connectivity index (χ1v) is 13.5. The van der Waals surface area contributed by atoms with Crippen molar-refractivity contribution >= 4 is 28.7 Å². The number of benzene rings is 2. The number of carbonyl (C=O) groups is 2. The van der Waals surface area contributed by atoms with E-state index in [4.69, 9.17) is 24.4 Å². The number of aliphatic hydroxyl groups is 1. The SMILES string of the molecule is CO[C@@H]1C(OC(N)=O)[C@H](O)[C@H](Cc2ccc3cc(NC(=O)c4ccc(O)c(CC=C(C)C)c4)c(=O)oc3c2)OC1(C)C. The summed E-state index contributed by atoms with van der Waals surface area (Å²) in [5.41, 5.74) is 6.42. The molecule has 2 heterocycles. The van der Waals surface area contributed by atoms with Gasteiger partial charge in [0.05, 0.1) is 11.7 Å². The highest BCUT2D eigenvalue weighted by atomic mass is 16.6. The second-order valence-corrected chi connectivity index (χ2v) is 11.1. The number of amides is 2. The fourth-order valence-electron chi connectivity index (χ4n) is 5.16. The van der Waals surface area contributed by atoms with Crippen molar-refractivity contribution in [3.8, 4) is 5.75 Å². The van der Waals surface area contributed by atoms with Gasteiger partial charge in [0, 0.05) is 24.5 Å². The summed E-state index contributed by atoms with van der Waals surface area (Å²) in [5, 5.41) is 24.3. The number of nitrogens with two attached hydrogens (primary N) is 1. The van der Waals surface area contributed by atoms with E-state index >= 15 is 0 Å². The van der Waals surface area contributed by atoms with E-state index in [1.54, 1.807) is 38.1 Å². The number of carbonyl (C=O) groups excluding carboxylic acids is 2. The van der Waals surface area contributed by atoms with Gasteiger partial charge in [-0.25, -0.2) is 9.59 Å². The molecule has 11 heteroatoms. The molecule has 3 aromatic rings. The zero-order chi connectivity index (χ0) is 30.8. The van der Waals surface area contributed by atoms with Crippen LogP contribution in [0, 0.1) is 0 Å². The number of hydrogen-bond donors (Lipinski definition) is 4. The Morgan fingerprint density at radius 2 is 1.88 bits per heavy atom. The number of nitrogens with one attached hydrogen (secondary N) is 1. The first-order chi connectivity index (χ1) is 19.8. The summed E-state index contributed by atoms with van der Waals surface area (Å²) in [4.78, 5) is 37.2. The minimum Gasteiger partial charge on any atom is -0.508 e. The topological polar surface area (TPSA) is 171 Å². The largest absolute Gasteiger partial charge is 0.508 e. The number of phenolic OH excluding ortho intramolecular Hbond substituents is 1. The van der Waals surface area contributed by atoms with Crippen LogP contribution in [0.2, 0.25) is 0 Å². The third-order valence-electron chi connectivity index (χ3n) is 7.22. The molecule has 1 unspecified atom stereocenters. The molecule has 11 nitrogen and oxygen atoms in total. The third kappa shape index (κ3) is 6.81. The summed E-state index contributed by atoms with van der Waals surface area (Å²) < 4.78 is 22.3. The molecule has 0 saturated carbocycles. The summed E-state index contributed by atoms with van der Waals surface area (Å²) >= 11 is 0. The van der Waals surface area contributed by atoms with Gasteiger partial charge in [0.25, 0.3) is 5.91 Å². The van der Waals surface area contributed by atoms with Crippen LogP contribution in [0.3, 0.4) is 0 Å². The molecule has 1 fully saturated rings. The number of fused-ring (bicyclic) bond motifs is 1. The maximum atomic E-state index is 12.9. The number of rotatable bonds is 8. The molecule has 224 valence electrons. The van der Waals surface area contributed by atoms with E-state index in [9.17, 15) is 24.6 Å². The molecule has 0 bridgehead atoms. The molecule has 2 aromatic carbocycles. The van der Waals surface area contributed by atoms with Crippen LogP contribution in [-0.4, -0.2) is 59.3 Å². The van der Waals surface area contributed by atoms with Crippen molar-refractivity contribution in [3.05, 3.63) is 81.2 Å². The van der Waals surface area contributed by atoms with Gasteiger partial charge in [-0.15, -0.1) is 0 Å². The van der Waals surface area contributed by atoms with Crippen LogP contribution < -0.4 is 16.7 Å². The second-order valence-electron chi connectivity index (χ2n) is 11.1. The second kappa shape index (κ2) is 12.4. The van der Waals surface area contributed by atoms with Crippen LogP contribution in [0.25, 0.3) is 11.0 Å². The number of ether oxygens (including phenoxy) is 3. The standard InChI is InChI=1S/C31H36N2O9/c1-16(2)6-8-18-14-20(10-11-22(18)34)28(36)33-21-15-19-9-7-17(12-23(19)40-29(21)37)13-24-25(35)26(41-30(32)38)27(39-5)31(3,4)42-24/h6-7,9-12,14-15,24-27,34-35H,8,13H2,1-5H3,(H2,32,38)(H,33,36)/t24-,25+,26?,27+/m0/s1. The highest BCUT2D eigenvalue weighted by Gasteiger charge is 2.51. The van der Waals surface area contributed by atoms with Gasteiger partial charge < -0.3 is 39.9 Å². The monoisotopic (exact) mass is 580 g/mol. The number of anilines is 1. The number of aromatic hydroxyl groups is 1. The fourth-order valence-corrected chi connectivity index (χ4v) is 5.16. The normalized spacial score (nSPS) is 21.5. The lowest BCUT2D eigenvalue weighted by Crippen LogP contribution is -2.64. The van der Waals surface area contributed by atoms with Crippen molar-refractivity contribution in [2.45, 2.75) is 70.6 Å². The van der Waals surface area contributed by atoms with Crippen molar-refractivity contribution in [1.29, 1.82) is 0 Å². The predicted molar refractivity (Wildman–Crippen MR) is 156 cm³/mol. The molecular weight excluding hydrogens is 544 g/mol. The first kappa shape index (κ1) is 30.8. The first-order valence-electron chi connectivity index (χ1n) is 13.5. The molecule has 0 aliphatic carbocycles. The Balaban J connectivity index is 1.54. The van der Waals surface area contributed by atoms with Crippen molar-refractivity contribution < 1.29 is 38.4 Å². The number of allylic oxidation sites excluding steroid dienone is 2. The maximum Gasteiger partial charge on any atom is 0.404 e. The predicted octanol–water partition coefficient (Wildman–Crippen LogP) is 3.82. The number of hydrogen-bond acceptors (Lipinski definition) is 9. The van der Waals surface area contributed by atoms with E-state index in [1.807, 2.05) is 19.9 Å². The van der Waals surface area contributed by atoms with E-state index in [-0.39, 0.29) is 29.0 Å². The van der Waals surface area contributed by atoms with Gasteiger partial charge >= 0.3 is 11.7 Å². The molecule has 0 spiro atoms. The van der Waals surface area contributed by atoms with E-state index in [2.05, 4.69) is 5.32 Å². The molecular formula is C31H36N2O9. The van der Waals surface area contributed by atoms with Crippen molar-refractivity contribution in [2.75, 3.05) is 12.4 Å². The van der Waals surface area contributed by atoms with Crippen LogP contribution in [-0.2, 0) is 27.1 Å². The molecule has 1 aliphatic rings. The van der Waals surface area contributed by atoms with Gasteiger partial charge in [-0.1, -0.05) is 23.8 Å². The van der Waals surface area contributed by atoms with Gasteiger partial charge in [0.2, 0.25) is 0 Å². The zero-order valence-corrected chi connectivity index (χ0v) is 24.2. The van der Waals surface area contributed by atoms with Crippen LogP contribution in [0.1, 0.15) is 49.2 Å². The molecule has 5 N–H and O–H groups in total.